The zero-order valence-electron chi connectivity index (χ0n) is 28.5. The van der Waals surface area contributed by atoms with Crippen LogP contribution < -0.4 is 4.57 Å². The maximum Gasteiger partial charge on any atom is 0.416 e. The minimum Gasteiger partial charge on any atom is -0.446 e. The lowest BCUT2D eigenvalue weighted by atomic mass is 10.0. The molecule has 0 bridgehead atoms. The highest BCUT2D eigenvalue weighted by Gasteiger charge is 2.31. The van der Waals surface area contributed by atoms with E-state index >= 15 is 0 Å². The Hall–Kier alpha value is -2.68. The second-order valence-corrected chi connectivity index (χ2v) is 12.3. The van der Waals surface area contributed by atoms with Crippen molar-refractivity contribution in [3.63, 3.8) is 0 Å². The van der Waals surface area contributed by atoms with Gasteiger partial charge in [-0.25, -0.2) is 19.1 Å². The monoisotopic (exact) mass is 620 g/mol. The van der Waals surface area contributed by atoms with E-state index in [2.05, 4.69) is 6.92 Å². The molecule has 0 fully saturated rings. The van der Waals surface area contributed by atoms with E-state index in [9.17, 15) is 14.4 Å². The number of amides is 3. The quantitative estimate of drug-likeness (QED) is 0.0822. The van der Waals surface area contributed by atoms with E-state index < -0.39 is 23.7 Å². The lowest BCUT2D eigenvalue weighted by Crippen LogP contribution is -2.47. The molecule has 0 spiro atoms. The van der Waals surface area contributed by atoms with Crippen molar-refractivity contribution in [2.45, 2.75) is 136 Å². The Kier molecular flexibility index (Phi) is 22.0. The SMILES string of the molecule is CCCCCCCCCCCCCCCCCCN(C)C(=O)OCC(C)(COC(=O)N(CC[n+]1ccccc1)C(C)=O)OC. The number of rotatable bonds is 25. The lowest BCUT2D eigenvalue weighted by Gasteiger charge is -2.29. The molecule has 252 valence electrons. The van der Waals surface area contributed by atoms with Gasteiger partial charge < -0.3 is 19.1 Å². The van der Waals surface area contributed by atoms with Crippen molar-refractivity contribution in [3.05, 3.63) is 30.6 Å². The van der Waals surface area contributed by atoms with Gasteiger partial charge in [0, 0.05) is 39.8 Å². The zero-order chi connectivity index (χ0) is 32.5. The van der Waals surface area contributed by atoms with E-state index in [1.807, 2.05) is 35.2 Å². The van der Waals surface area contributed by atoms with Crippen molar-refractivity contribution in [1.29, 1.82) is 0 Å². The molecular weight excluding hydrogens is 558 g/mol. The highest BCUT2D eigenvalue weighted by atomic mass is 16.6. The van der Waals surface area contributed by atoms with Crippen LogP contribution in [0.1, 0.15) is 124 Å². The molecule has 1 aromatic rings. The second kappa shape index (κ2) is 24.6. The fourth-order valence-corrected chi connectivity index (χ4v) is 4.94. The van der Waals surface area contributed by atoms with Crippen LogP contribution in [-0.2, 0) is 25.5 Å². The summed E-state index contributed by atoms with van der Waals surface area (Å²) in [6.07, 6.45) is 23.5. The van der Waals surface area contributed by atoms with Crippen LogP contribution in [0.2, 0.25) is 0 Å². The van der Waals surface area contributed by atoms with Crippen LogP contribution in [-0.4, -0.2) is 74.0 Å². The maximum absolute atomic E-state index is 12.6. The van der Waals surface area contributed by atoms with E-state index in [0.29, 0.717) is 13.1 Å². The predicted molar refractivity (Wildman–Crippen MR) is 174 cm³/mol. The van der Waals surface area contributed by atoms with Crippen LogP contribution in [0, 0.1) is 0 Å². The topological polar surface area (TPSA) is 89.3 Å². The van der Waals surface area contributed by atoms with Gasteiger partial charge in [-0.15, -0.1) is 0 Å². The van der Waals surface area contributed by atoms with Crippen molar-refractivity contribution in [2.24, 2.45) is 0 Å². The zero-order valence-corrected chi connectivity index (χ0v) is 28.5. The van der Waals surface area contributed by atoms with E-state index in [4.69, 9.17) is 14.2 Å². The third kappa shape index (κ3) is 18.9. The summed E-state index contributed by atoms with van der Waals surface area (Å²) >= 11 is 0. The van der Waals surface area contributed by atoms with Gasteiger partial charge in [-0.1, -0.05) is 109 Å². The van der Waals surface area contributed by atoms with Crippen LogP contribution in [0.3, 0.4) is 0 Å². The molecule has 1 rings (SSSR count). The molecule has 3 amide bonds. The number of hydrogen-bond donors (Lipinski definition) is 0. The van der Waals surface area contributed by atoms with Crippen LogP contribution in [0.15, 0.2) is 30.6 Å². The molecule has 9 heteroatoms. The van der Waals surface area contributed by atoms with Crippen molar-refractivity contribution in [2.75, 3.05) is 40.5 Å². The molecule has 0 aliphatic rings. The predicted octanol–water partition coefficient (Wildman–Crippen LogP) is 7.69. The molecule has 0 aromatic carbocycles. The summed E-state index contributed by atoms with van der Waals surface area (Å²) in [7, 11) is 3.20. The Labute approximate surface area is 267 Å². The average molecular weight is 621 g/mol. The number of imide groups is 1. The van der Waals surface area contributed by atoms with Crippen LogP contribution in [0.4, 0.5) is 9.59 Å². The van der Waals surface area contributed by atoms with Gasteiger partial charge in [0.25, 0.3) is 0 Å². The Morgan fingerprint density at radius 1 is 0.682 bits per heavy atom. The van der Waals surface area contributed by atoms with Gasteiger partial charge in [0.1, 0.15) is 18.8 Å². The standard InChI is InChI=1S/C35H62N3O6/c1-6-7-8-9-10-11-12-13-14-15-16-17-18-19-20-22-25-36(4)33(40)43-30-35(3,42-5)31-44-34(41)38(32(2)39)29-28-37-26-23-21-24-27-37/h21,23-24,26-27H,6-20,22,25,28-31H2,1-5H3/q+1. The molecule has 0 N–H and O–H groups in total. The Balaban J connectivity index is 2.16. The van der Waals surface area contributed by atoms with Gasteiger partial charge in [0.15, 0.2) is 18.9 Å². The lowest BCUT2D eigenvalue weighted by molar-refractivity contribution is -0.696. The molecule has 0 saturated heterocycles. The second-order valence-electron chi connectivity index (χ2n) is 12.3. The molecular formula is C35H62N3O6+. The van der Waals surface area contributed by atoms with Crippen LogP contribution in [0.25, 0.3) is 0 Å². The molecule has 0 radical (unpaired) electrons. The number of hydrogen-bond acceptors (Lipinski definition) is 6. The molecule has 44 heavy (non-hydrogen) atoms. The maximum atomic E-state index is 12.6. The fraction of sp³-hybridized carbons (Fsp3) is 0.771. The van der Waals surface area contributed by atoms with Crippen molar-refractivity contribution in [3.8, 4) is 0 Å². The number of nitrogens with zero attached hydrogens (tertiary/aromatic N) is 3. The van der Waals surface area contributed by atoms with Crippen LogP contribution >= 0.6 is 0 Å². The first-order chi connectivity index (χ1) is 21.2. The summed E-state index contributed by atoms with van der Waals surface area (Å²) in [4.78, 5) is 39.9. The van der Waals surface area contributed by atoms with E-state index in [1.165, 1.54) is 104 Å². The number of carbonyl (C=O) groups excluding carboxylic acids is 3. The smallest absolute Gasteiger partial charge is 0.416 e. The largest absolute Gasteiger partial charge is 0.446 e. The van der Waals surface area contributed by atoms with E-state index in [1.54, 1.807) is 18.9 Å². The summed E-state index contributed by atoms with van der Waals surface area (Å²) < 4.78 is 18.2. The Bertz CT molecular complexity index is 900. The van der Waals surface area contributed by atoms with Gasteiger partial charge in [0.2, 0.25) is 5.91 Å². The molecule has 0 aliphatic heterocycles. The van der Waals surface area contributed by atoms with E-state index in [0.717, 1.165) is 17.7 Å². The average Bonchev–Trinajstić information content (AvgIpc) is 3.02. The molecule has 1 atom stereocenters. The molecule has 9 nitrogen and oxygen atoms in total. The van der Waals surface area contributed by atoms with E-state index in [-0.39, 0.29) is 19.8 Å². The Morgan fingerprint density at radius 2 is 1.14 bits per heavy atom. The van der Waals surface area contributed by atoms with Crippen molar-refractivity contribution >= 4 is 18.1 Å². The summed E-state index contributed by atoms with van der Waals surface area (Å²) in [5.74, 6) is -0.409. The van der Waals surface area contributed by atoms with Crippen molar-refractivity contribution in [1.82, 2.24) is 9.80 Å². The first kappa shape index (κ1) is 39.3. The first-order valence-corrected chi connectivity index (χ1v) is 17.0. The van der Waals surface area contributed by atoms with Gasteiger partial charge in [-0.05, 0) is 13.3 Å². The number of unbranched alkanes of at least 4 members (excludes halogenated alkanes) is 15. The van der Waals surface area contributed by atoms with Crippen LogP contribution in [0.5, 0.6) is 0 Å². The number of carbonyl (C=O) groups is 3. The summed E-state index contributed by atoms with van der Waals surface area (Å²) in [5.41, 5.74) is -1.04. The van der Waals surface area contributed by atoms with Gasteiger partial charge >= 0.3 is 12.2 Å². The van der Waals surface area contributed by atoms with Gasteiger partial charge in [-0.3, -0.25) is 4.79 Å². The van der Waals surface area contributed by atoms with Crippen molar-refractivity contribution < 1.29 is 33.2 Å². The summed E-state index contributed by atoms with van der Waals surface area (Å²) in [6, 6.07) is 5.64. The fourth-order valence-electron chi connectivity index (χ4n) is 4.94. The molecule has 0 aliphatic carbocycles. The molecule has 0 saturated carbocycles. The normalized spacial score (nSPS) is 12.4. The third-order valence-corrected chi connectivity index (χ3v) is 8.11. The highest BCUT2D eigenvalue weighted by molar-refractivity contribution is 5.90. The summed E-state index contributed by atoms with van der Waals surface area (Å²) in [6.45, 7) is 6.28. The molecule has 1 aromatic heterocycles. The highest BCUT2D eigenvalue weighted by Crippen LogP contribution is 2.15. The number of methoxy groups -OCH3 is 1. The molecule has 1 heterocycles. The minimum atomic E-state index is -1.04. The first-order valence-electron chi connectivity index (χ1n) is 17.0. The number of pyridine rings is 1. The molecule has 1 unspecified atom stereocenters. The summed E-state index contributed by atoms with van der Waals surface area (Å²) in [5, 5.41) is 0. The third-order valence-electron chi connectivity index (χ3n) is 8.11. The number of ether oxygens (including phenoxy) is 3. The van der Waals surface area contributed by atoms with Gasteiger partial charge in [0.05, 0.1) is 6.54 Å². The van der Waals surface area contributed by atoms with Gasteiger partial charge in [-0.2, -0.15) is 0 Å². The number of aromatic nitrogens is 1. The Morgan fingerprint density at radius 3 is 1.59 bits per heavy atom. The minimum absolute atomic E-state index is 0.0845.